The molecule has 140 valence electrons. The summed E-state index contributed by atoms with van der Waals surface area (Å²) in [6, 6.07) is 12.3. The molecule has 0 saturated heterocycles. The molecular formula is C19H21F2NO3S. The van der Waals surface area contributed by atoms with Gasteiger partial charge in [-0.1, -0.05) is 36.4 Å². The second-order valence-corrected chi connectivity index (χ2v) is 9.09. The molecule has 1 atom stereocenters. The Hall–Kier alpha value is -1.83. The van der Waals surface area contributed by atoms with Crippen LogP contribution in [0.2, 0.25) is 0 Å². The maximum atomic E-state index is 14.4. The van der Waals surface area contributed by atoms with Gasteiger partial charge in [0.15, 0.2) is 9.84 Å². The molecule has 2 aromatic carbocycles. The number of halogens is 2. The van der Waals surface area contributed by atoms with Crippen molar-refractivity contribution >= 4 is 9.84 Å². The van der Waals surface area contributed by atoms with E-state index in [4.69, 9.17) is 0 Å². The minimum absolute atomic E-state index is 0.00907. The van der Waals surface area contributed by atoms with Crippen molar-refractivity contribution in [3.8, 4) is 0 Å². The molecule has 1 unspecified atom stereocenters. The molecule has 1 aliphatic rings. The Bertz CT molecular complexity index is 909. The Kier molecular flexibility index (Phi) is 4.67. The summed E-state index contributed by atoms with van der Waals surface area (Å²) in [6.45, 7) is 1.40. The van der Waals surface area contributed by atoms with Crippen LogP contribution in [0.3, 0.4) is 0 Å². The van der Waals surface area contributed by atoms with Gasteiger partial charge in [-0.2, -0.15) is 8.78 Å². The molecule has 7 heteroatoms. The van der Waals surface area contributed by atoms with E-state index in [9.17, 15) is 22.3 Å². The number of sulfone groups is 1. The number of aliphatic hydroxyl groups is 1. The lowest BCUT2D eigenvalue weighted by atomic mass is 9.92. The van der Waals surface area contributed by atoms with E-state index in [0.717, 1.165) is 6.26 Å². The van der Waals surface area contributed by atoms with E-state index in [1.807, 2.05) is 0 Å². The maximum absolute atomic E-state index is 14.4. The van der Waals surface area contributed by atoms with Gasteiger partial charge in [0, 0.05) is 24.9 Å². The summed E-state index contributed by atoms with van der Waals surface area (Å²) in [5.41, 5.74) is -0.328. The summed E-state index contributed by atoms with van der Waals surface area (Å²) in [5.74, 6) is -2.98. The average Bonchev–Trinajstić information content (AvgIpc) is 2.53. The van der Waals surface area contributed by atoms with Crippen LogP contribution in [0.4, 0.5) is 8.78 Å². The van der Waals surface area contributed by atoms with Crippen molar-refractivity contribution in [2.24, 2.45) is 0 Å². The summed E-state index contributed by atoms with van der Waals surface area (Å²) in [6.07, 6.45) is 1.10. The zero-order chi connectivity index (χ0) is 19.2. The highest BCUT2D eigenvalue weighted by Crippen LogP contribution is 2.37. The molecule has 1 heterocycles. The number of β-amino-alcohol motifs (C(OH)–C–C–N with tert-alkyl or cyclic N) is 1. The van der Waals surface area contributed by atoms with E-state index >= 15 is 0 Å². The molecule has 1 aliphatic heterocycles. The van der Waals surface area contributed by atoms with Crippen LogP contribution < -0.4 is 0 Å². The zero-order valence-electron chi connectivity index (χ0n) is 14.6. The van der Waals surface area contributed by atoms with Crippen molar-refractivity contribution < 1.29 is 22.3 Å². The highest BCUT2D eigenvalue weighted by atomic mass is 32.2. The number of rotatable bonds is 4. The molecule has 1 N–H and O–H groups in total. The van der Waals surface area contributed by atoms with Gasteiger partial charge in [0.05, 0.1) is 17.0 Å². The van der Waals surface area contributed by atoms with E-state index < -0.39 is 27.9 Å². The minimum Gasteiger partial charge on any atom is -0.384 e. The smallest absolute Gasteiger partial charge is 0.285 e. The molecule has 2 aromatic rings. The van der Waals surface area contributed by atoms with Gasteiger partial charge in [0.1, 0.15) is 0 Å². The predicted molar refractivity (Wildman–Crippen MR) is 94.7 cm³/mol. The molecule has 0 aromatic heterocycles. The van der Waals surface area contributed by atoms with Crippen LogP contribution in [0, 0.1) is 0 Å². The second-order valence-electron chi connectivity index (χ2n) is 7.08. The number of alkyl halides is 2. The summed E-state index contributed by atoms with van der Waals surface area (Å²) < 4.78 is 51.9. The zero-order valence-corrected chi connectivity index (χ0v) is 15.4. The van der Waals surface area contributed by atoms with E-state index in [2.05, 4.69) is 0 Å². The molecule has 0 aliphatic carbocycles. The number of fused-ring (bicyclic) bond motifs is 1. The van der Waals surface area contributed by atoms with Crippen molar-refractivity contribution in [2.45, 2.75) is 29.9 Å². The fourth-order valence-electron chi connectivity index (χ4n) is 3.38. The van der Waals surface area contributed by atoms with Gasteiger partial charge in [0.25, 0.3) is 5.92 Å². The molecule has 0 bridgehead atoms. The molecule has 0 amide bonds. The lowest BCUT2D eigenvalue weighted by molar-refractivity contribution is -0.0753. The maximum Gasteiger partial charge on any atom is 0.285 e. The lowest BCUT2D eigenvalue weighted by Gasteiger charge is -2.38. The number of benzene rings is 2. The average molecular weight is 381 g/mol. The summed E-state index contributed by atoms with van der Waals surface area (Å²) in [4.78, 5) is 1.67. The summed E-state index contributed by atoms with van der Waals surface area (Å²) in [7, 11) is -3.33. The molecule has 0 fully saturated rings. The number of hydrogen-bond donors (Lipinski definition) is 1. The first kappa shape index (κ1) is 18.9. The van der Waals surface area contributed by atoms with Crippen LogP contribution >= 0.6 is 0 Å². The second kappa shape index (κ2) is 6.40. The molecule has 26 heavy (non-hydrogen) atoms. The Balaban J connectivity index is 1.82. The fourth-order valence-corrected chi connectivity index (χ4v) is 4.01. The van der Waals surface area contributed by atoms with Crippen LogP contribution in [-0.2, 0) is 27.9 Å². The molecule has 0 radical (unpaired) electrons. The number of hydrogen-bond acceptors (Lipinski definition) is 4. The van der Waals surface area contributed by atoms with E-state index in [-0.39, 0.29) is 17.0 Å². The van der Waals surface area contributed by atoms with Gasteiger partial charge < -0.3 is 5.11 Å². The topological polar surface area (TPSA) is 57.6 Å². The van der Waals surface area contributed by atoms with Gasteiger partial charge >= 0.3 is 0 Å². The quantitative estimate of drug-likeness (QED) is 0.885. The van der Waals surface area contributed by atoms with Crippen molar-refractivity contribution in [1.82, 2.24) is 4.90 Å². The Morgan fingerprint density at radius 2 is 1.77 bits per heavy atom. The van der Waals surface area contributed by atoms with Gasteiger partial charge in [0.2, 0.25) is 0 Å². The van der Waals surface area contributed by atoms with Gasteiger partial charge in [-0.3, -0.25) is 4.90 Å². The monoisotopic (exact) mass is 381 g/mol. The molecule has 4 nitrogen and oxygen atoms in total. The minimum atomic E-state index is -3.33. The van der Waals surface area contributed by atoms with Crippen LogP contribution in [0.5, 0.6) is 0 Å². The number of nitrogens with zero attached hydrogens (tertiary/aromatic N) is 1. The Morgan fingerprint density at radius 3 is 2.38 bits per heavy atom. The van der Waals surface area contributed by atoms with Crippen LogP contribution in [-0.4, -0.2) is 37.8 Å². The SMILES string of the molecule is CC(O)(CN1Cc2ccccc2C(F)(F)C1)c1ccc(S(C)(=O)=O)cc1. The van der Waals surface area contributed by atoms with E-state index in [0.29, 0.717) is 17.7 Å². The highest BCUT2D eigenvalue weighted by Gasteiger charge is 2.41. The largest absolute Gasteiger partial charge is 0.384 e. The van der Waals surface area contributed by atoms with Crippen LogP contribution in [0.1, 0.15) is 23.6 Å². The normalized spacial score (nSPS) is 19.6. The van der Waals surface area contributed by atoms with Crippen molar-refractivity contribution in [2.75, 3.05) is 19.3 Å². The third-order valence-corrected chi connectivity index (χ3v) is 5.79. The Morgan fingerprint density at radius 1 is 1.15 bits per heavy atom. The first-order valence-corrected chi connectivity index (χ1v) is 10.1. The molecule has 0 spiro atoms. The van der Waals surface area contributed by atoms with Crippen molar-refractivity contribution in [1.29, 1.82) is 0 Å². The third kappa shape index (κ3) is 3.79. The molecular weight excluding hydrogens is 360 g/mol. The van der Waals surface area contributed by atoms with Crippen LogP contribution in [0.15, 0.2) is 53.4 Å². The fraction of sp³-hybridized carbons (Fsp3) is 0.368. The third-order valence-electron chi connectivity index (χ3n) is 4.66. The van der Waals surface area contributed by atoms with E-state index in [1.54, 1.807) is 25.1 Å². The van der Waals surface area contributed by atoms with Crippen LogP contribution in [0.25, 0.3) is 0 Å². The lowest BCUT2D eigenvalue weighted by Crippen LogP contribution is -2.46. The molecule has 0 saturated carbocycles. The summed E-state index contributed by atoms with van der Waals surface area (Å²) in [5, 5.41) is 10.8. The van der Waals surface area contributed by atoms with E-state index in [1.165, 1.54) is 35.2 Å². The standard InChI is InChI=1S/C19H21F2NO3S/c1-18(23,15-7-9-16(10-8-15)26(2,24)25)12-22-11-14-5-3-4-6-17(14)19(20,21)13-22/h3-10,23H,11-13H2,1-2H3. The first-order chi connectivity index (χ1) is 12.0. The van der Waals surface area contributed by atoms with Gasteiger partial charge in [-0.15, -0.1) is 0 Å². The van der Waals surface area contributed by atoms with Crippen molar-refractivity contribution in [3.63, 3.8) is 0 Å². The predicted octanol–water partition coefficient (Wildman–Crippen LogP) is 2.91. The van der Waals surface area contributed by atoms with Gasteiger partial charge in [-0.25, -0.2) is 8.42 Å². The van der Waals surface area contributed by atoms with Gasteiger partial charge in [-0.05, 0) is 30.2 Å². The van der Waals surface area contributed by atoms with Crippen molar-refractivity contribution in [3.05, 3.63) is 65.2 Å². The Labute approximate surface area is 152 Å². The highest BCUT2D eigenvalue weighted by molar-refractivity contribution is 7.90. The summed E-state index contributed by atoms with van der Waals surface area (Å²) >= 11 is 0. The molecule has 3 rings (SSSR count). The first-order valence-electron chi connectivity index (χ1n) is 8.21.